The number of halogens is 3. The lowest BCUT2D eigenvalue weighted by molar-refractivity contribution is -0.109. The fourth-order valence-corrected chi connectivity index (χ4v) is 0.560. The van der Waals surface area contributed by atoms with Crippen molar-refractivity contribution in [3.05, 3.63) is 35.4 Å². The zero-order valence-electron chi connectivity index (χ0n) is 6.14. The largest absolute Gasteiger partial charge is 0.280 e. The fourth-order valence-electron chi connectivity index (χ4n) is 0.415. The van der Waals surface area contributed by atoms with Crippen molar-refractivity contribution in [1.29, 1.82) is 0 Å². The molecule has 0 N–H and O–H groups in total. The molecule has 0 saturated carbocycles. The Hall–Kier alpha value is -0.240. The molecular weight excluding hydrogens is 218 g/mol. The van der Waals surface area contributed by atoms with Gasteiger partial charge in [0.05, 0.1) is 5.88 Å². The van der Waals surface area contributed by atoms with Gasteiger partial charge in [0.2, 0.25) is 5.24 Å². The number of benzene rings is 1. The van der Waals surface area contributed by atoms with Crippen LogP contribution >= 0.6 is 34.8 Å². The van der Waals surface area contributed by atoms with Crippen molar-refractivity contribution in [1.82, 2.24) is 0 Å². The van der Waals surface area contributed by atoms with Gasteiger partial charge in [-0.15, -0.1) is 11.6 Å². The summed E-state index contributed by atoms with van der Waals surface area (Å²) < 4.78 is 0. The van der Waals surface area contributed by atoms with Gasteiger partial charge in [0.25, 0.3) is 0 Å². The second kappa shape index (κ2) is 7.41. The molecule has 0 saturated heterocycles. The van der Waals surface area contributed by atoms with Gasteiger partial charge in [-0.2, -0.15) is 0 Å². The Labute approximate surface area is 86.2 Å². The molecule has 66 valence electrons. The molecule has 1 rings (SSSR count). The molecule has 0 atom stereocenters. The minimum atomic E-state index is -0.508. The van der Waals surface area contributed by atoms with Crippen LogP contribution in [-0.2, 0) is 4.79 Å². The molecule has 0 radical (unpaired) electrons. The summed E-state index contributed by atoms with van der Waals surface area (Å²) in [5.74, 6) is -0.0957. The maximum absolute atomic E-state index is 9.45. The number of alkyl halides is 1. The SMILES string of the molecule is Clc1ccccc1.O=C(Cl)CCl. The third kappa shape index (κ3) is 7.86. The summed E-state index contributed by atoms with van der Waals surface area (Å²) in [5.41, 5.74) is 0. The lowest BCUT2D eigenvalue weighted by Crippen LogP contribution is -1.81. The molecule has 0 unspecified atom stereocenters. The van der Waals surface area contributed by atoms with Gasteiger partial charge < -0.3 is 0 Å². The fraction of sp³-hybridized carbons (Fsp3) is 0.125. The quantitative estimate of drug-likeness (QED) is 0.529. The van der Waals surface area contributed by atoms with Gasteiger partial charge in [0.1, 0.15) is 0 Å². The van der Waals surface area contributed by atoms with Crippen LogP contribution in [0.4, 0.5) is 0 Å². The van der Waals surface area contributed by atoms with Crippen LogP contribution in [0.3, 0.4) is 0 Å². The highest BCUT2D eigenvalue weighted by atomic mass is 35.5. The minimum absolute atomic E-state index is 0.0957. The molecule has 4 heteroatoms. The van der Waals surface area contributed by atoms with Crippen molar-refractivity contribution in [3.63, 3.8) is 0 Å². The summed E-state index contributed by atoms with van der Waals surface area (Å²) in [6, 6.07) is 9.44. The molecule has 0 aliphatic rings. The maximum atomic E-state index is 9.45. The van der Waals surface area contributed by atoms with E-state index in [9.17, 15) is 4.79 Å². The van der Waals surface area contributed by atoms with Gasteiger partial charge in [-0.1, -0.05) is 29.8 Å². The zero-order valence-corrected chi connectivity index (χ0v) is 8.40. The van der Waals surface area contributed by atoms with E-state index in [0.717, 1.165) is 5.02 Å². The van der Waals surface area contributed by atoms with E-state index < -0.39 is 5.24 Å². The molecule has 0 aliphatic carbocycles. The number of rotatable bonds is 1. The monoisotopic (exact) mass is 224 g/mol. The van der Waals surface area contributed by atoms with Crippen molar-refractivity contribution in [3.8, 4) is 0 Å². The molecule has 0 aliphatic heterocycles. The standard InChI is InChI=1S/C6H5Cl.C2H2Cl2O/c7-6-4-2-1-3-5-6;3-1-2(4)5/h1-5H;1H2. The Bertz CT molecular complexity index is 223. The Kier molecular flexibility index (Phi) is 7.26. The topological polar surface area (TPSA) is 17.1 Å². The predicted molar refractivity (Wildman–Crippen MR) is 53.0 cm³/mol. The van der Waals surface area contributed by atoms with Crippen molar-refractivity contribution in [2.45, 2.75) is 0 Å². The van der Waals surface area contributed by atoms with E-state index in [1.54, 1.807) is 0 Å². The molecule has 12 heavy (non-hydrogen) atoms. The first-order valence-corrected chi connectivity index (χ1v) is 4.40. The van der Waals surface area contributed by atoms with Gasteiger partial charge in [0.15, 0.2) is 0 Å². The van der Waals surface area contributed by atoms with Gasteiger partial charge in [0, 0.05) is 5.02 Å². The first kappa shape index (κ1) is 11.8. The second-order valence-corrected chi connectivity index (χ2v) is 2.91. The third-order valence-corrected chi connectivity index (χ3v) is 1.60. The first-order chi connectivity index (χ1) is 5.66. The van der Waals surface area contributed by atoms with E-state index in [4.69, 9.17) is 34.8 Å². The van der Waals surface area contributed by atoms with E-state index in [0.29, 0.717) is 0 Å². The molecule has 1 aromatic carbocycles. The molecule has 1 nitrogen and oxygen atoms in total. The summed E-state index contributed by atoms with van der Waals surface area (Å²) in [6.07, 6.45) is 0. The molecule has 0 fully saturated rings. The van der Waals surface area contributed by atoms with Crippen LogP contribution in [0.25, 0.3) is 0 Å². The number of hydrogen-bond donors (Lipinski definition) is 0. The number of carbonyl (C=O) groups excluding carboxylic acids is 1. The number of hydrogen-bond acceptors (Lipinski definition) is 1. The maximum Gasteiger partial charge on any atom is 0.236 e. The molecule has 0 aromatic heterocycles. The average molecular weight is 226 g/mol. The van der Waals surface area contributed by atoms with Gasteiger partial charge >= 0.3 is 0 Å². The lowest BCUT2D eigenvalue weighted by atomic mass is 10.4. The zero-order chi connectivity index (χ0) is 9.40. The Morgan fingerprint density at radius 1 is 1.25 bits per heavy atom. The molecule has 1 aromatic rings. The van der Waals surface area contributed by atoms with Gasteiger partial charge in [-0.25, -0.2) is 0 Å². The van der Waals surface area contributed by atoms with Crippen LogP contribution in [0.1, 0.15) is 0 Å². The molecule has 0 spiro atoms. The summed E-state index contributed by atoms with van der Waals surface area (Å²) in [4.78, 5) is 9.45. The summed E-state index contributed by atoms with van der Waals surface area (Å²) in [6.45, 7) is 0. The minimum Gasteiger partial charge on any atom is -0.280 e. The van der Waals surface area contributed by atoms with Crippen LogP contribution in [-0.4, -0.2) is 11.1 Å². The Balaban J connectivity index is 0.000000217. The van der Waals surface area contributed by atoms with Gasteiger partial charge in [-0.3, -0.25) is 4.79 Å². The molecular formula is C8H7Cl3O. The second-order valence-electron chi connectivity index (χ2n) is 1.78. The summed E-state index contributed by atoms with van der Waals surface area (Å²) in [7, 11) is 0. The smallest absolute Gasteiger partial charge is 0.236 e. The van der Waals surface area contributed by atoms with E-state index >= 15 is 0 Å². The lowest BCUT2D eigenvalue weighted by Gasteiger charge is -1.80. The van der Waals surface area contributed by atoms with Crippen molar-refractivity contribution in [2.24, 2.45) is 0 Å². The third-order valence-electron chi connectivity index (χ3n) is 0.838. The van der Waals surface area contributed by atoms with Crippen LogP contribution in [0.15, 0.2) is 30.3 Å². The van der Waals surface area contributed by atoms with Gasteiger partial charge in [-0.05, 0) is 23.7 Å². The van der Waals surface area contributed by atoms with Crippen LogP contribution in [0.5, 0.6) is 0 Å². The van der Waals surface area contributed by atoms with Crippen LogP contribution in [0.2, 0.25) is 5.02 Å². The highest BCUT2D eigenvalue weighted by Crippen LogP contribution is 2.03. The van der Waals surface area contributed by atoms with E-state index in [1.807, 2.05) is 30.3 Å². The van der Waals surface area contributed by atoms with Crippen LogP contribution < -0.4 is 0 Å². The van der Waals surface area contributed by atoms with Crippen molar-refractivity contribution >= 4 is 40.0 Å². The van der Waals surface area contributed by atoms with E-state index in [1.165, 1.54) is 0 Å². The summed E-state index contributed by atoms with van der Waals surface area (Å²) >= 11 is 15.1. The highest BCUT2D eigenvalue weighted by Gasteiger charge is 1.83. The van der Waals surface area contributed by atoms with E-state index in [-0.39, 0.29) is 5.88 Å². The Morgan fingerprint density at radius 3 is 1.83 bits per heavy atom. The average Bonchev–Trinajstić information content (AvgIpc) is 2.07. The normalized spacial score (nSPS) is 8.25. The summed E-state index contributed by atoms with van der Waals surface area (Å²) in [5, 5.41) is 0.286. The van der Waals surface area contributed by atoms with Crippen LogP contribution in [0, 0.1) is 0 Å². The van der Waals surface area contributed by atoms with Crippen molar-refractivity contribution in [2.75, 3.05) is 5.88 Å². The molecule has 0 bridgehead atoms. The Morgan fingerprint density at radius 2 is 1.67 bits per heavy atom. The van der Waals surface area contributed by atoms with Crippen molar-refractivity contribution < 1.29 is 4.79 Å². The predicted octanol–water partition coefficient (Wildman–Crippen LogP) is 3.33. The van der Waals surface area contributed by atoms with E-state index in [2.05, 4.69) is 0 Å². The number of carbonyl (C=O) groups is 1. The highest BCUT2D eigenvalue weighted by molar-refractivity contribution is 6.67. The molecule has 0 heterocycles. The first-order valence-electron chi connectivity index (χ1n) is 3.11. The molecule has 0 amide bonds.